The average Bonchev–Trinajstić information content (AvgIpc) is 2.53. The fourth-order valence-corrected chi connectivity index (χ4v) is 2.01. The topological polar surface area (TPSA) is 70.6 Å². The van der Waals surface area contributed by atoms with Crippen molar-refractivity contribution < 1.29 is 9.59 Å². The van der Waals surface area contributed by atoms with Crippen molar-refractivity contribution in [2.45, 2.75) is 6.92 Å². The Kier molecular flexibility index (Phi) is 5.73. The van der Waals surface area contributed by atoms with Crippen LogP contribution in [0, 0.1) is 0 Å². The fourth-order valence-electron chi connectivity index (χ4n) is 1.70. The molecule has 0 unspecified atom stereocenters. The summed E-state index contributed by atoms with van der Waals surface area (Å²) in [6.07, 6.45) is 0. The van der Waals surface area contributed by atoms with E-state index in [0.717, 1.165) is 5.56 Å². The van der Waals surface area contributed by atoms with E-state index >= 15 is 0 Å². The fraction of sp³-hybridized carbons (Fsp3) is 0.0625. The summed E-state index contributed by atoms with van der Waals surface area (Å²) in [6, 6.07) is 13.4. The van der Waals surface area contributed by atoms with Crippen molar-refractivity contribution in [3.8, 4) is 0 Å². The lowest BCUT2D eigenvalue weighted by Gasteiger charge is -2.05. The number of hydrogen-bond acceptors (Lipinski definition) is 3. The van der Waals surface area contributed by atoms with Crippen molar-refractivity contribution in [3.05, 3.63) is 64.1 Å². The first-order chi connectivity index (χ1) is 11.0. The summed E-state index contributed by atoms with van der Waals surface area (Å²) in [4.78, 5) is 23.5. The maximum atomic E-state index is 11.8. The van der Waals surface area contributed by atoms with E-state index in [1.165, 1.54) is 6.07 Å². The highest BCUT2D eigenvalue weighted by molar-refractivity contribution is 6.40. The van der Waals surface area contributed by atoms with Crippen molar-refractivity contribution >= 4 is 46.4 Å². The molecule has 2 aromatic carbocycles. The predicted octanol–water partition coefficient (Wildman–Crippen LogP) is 3.47. The first-order valence-corrected chi connectivity index (χ1v) is 7.38. The molecule has 2 amide bonds. The molecular weight excluding hydrogens is 337 g/mol. The van der Waals surface area contributed by atoms with Gasteiger partial charge in [-0.15, -0.1) is 0 Å². The Morgan fingerprint density at radius 2 is 1.65 bits per heavy atom. The molecule has 2 aromatic rings. The largest absolute Gasteiger partial charge is 0.329 e. The molecule has 23 heavy (non-hydrogen) atoms. The van der Waals surface area contributed by atoms with Crippen LogP contribution in [0.4, 0.5) is 5.69 Å². The minimum atomic E-state index is -0.877. The number of nitrogens with zero attached hydrogens (tertiary/aromatic N) is 1. The normalized spacial score (nSPS) is 11.0. The van der Waals surface area contributed by atoms with Crippen LogP contribution in [-0.4, -0.2) is 17.5 Å². The zero-order valence-corrected chi connectivity index (χ0v) is 13.7. The first kappa shape index (κ1) is 17.0. The van der Waals surface area contributed by atoms with Crippen molar-refractivity contribution in [1.29, 1.82) is 0 Å². The highest BCUT2D eigenvalue weighted by Crippen LogP contribution is 2.14. The molecular formula is C16H13Cl2N3O2. The molecule has 0 radical (unpaired) electrons. The number of anilines is 1. The Morgan fingerprint density at radius 1 is 0.957 bits per heavy atom. The van der Waals surface area contributed by atoms with Crippen LogP contribution in [0.15, 0.2) is 53.6 Å². The zero-order valence-electron chi connectivity index (χ0n) is 12.1. The molecule has 0 saturated carbocycles. The van der Waals surface area contributed by atoms with Gasteiger partial charge < -0.3 is 5.32 Å². The van der Waals surface area contributed by atoms with E-state index in [1.54, 1.807) is 49.4 Å². The summed E-state index contributed by atoms with van der Waals surface area (Å²) >= 11 is 11.6. The van der Waals surface area contributed by atoms with Crippen molar-refractivity contribution in [3.63, 3.8) is 0 Å². The zero-order chi connectivity index (χ0) is 16.8. The summed E-state index contributed by atoms with van der Waals surface area (Å²) in [5, 5.41) is 7.38. The van der Waals surface area contributed by atoms with Gasteiger partial charge in [-0.1, -0.05) is 41.4 Å². The third kappa shape index (κ3) is 5.09. The van der Waals surface area contributed by atoms with Gasteiger partial charge in [0.2, 0.25) is 0 Å². The average molecular weight is 350 g/mol. The molecule has 5 nitrogen and oxygen atoms in total. The number of amides is 2. The maximum Gasteiger partial charge on any atom is 0.329 e. The molecule has 118 valence electrons. The quantitative estimate of drug-likeness (QED) is 0.506. The van der Waals surface area contributed by atoms with Gasteiger partial charge in [-0.2, -0.15) is 5.10 Å². The van der Waals surface area contributed by atoms with Crippen molar-refractivity contribution in [2.24, 2.45) is 5.10 Å². The molecule has 0 aliphatic heterocycles. The minimum Gasteiger partial charge on any atom is -0.318 e. The number of hydrogen-bond donors (Lipinski definition) is 2. The SMILES string of the molecule is C/C(=N\NC(=O)C(=O)Nc1cccc(Cl)c1)c1ccc(Cl)cc1. The van der Waals surface area contributed by atoms with Gasteiger partial charge in [0, 0.05) is 15.7 Å². The van der Waals surface area contributed by atoms with Crippen LogP contribution in [0.3, 0.4) is 0 Å². The second-order valence-corrected chi connectivity index (χ2v) is 5.48. The van der Waals surface area contributed by atoms with Gasteiger partial charge in [0.15, 0.2) is 0 Å². The number of nitrogens with one attached hydrogen (secondary N) is 2. The van der Waals surface area contributed by atoms with Crippen LogP contribution in [0.2, 0.25) is 10.0 Å². The number of rotatable bonds is 3. The number of benzene rings is 2. The van der Waals surface area contributed by atoms with E-state index in [0.29, 0.717) is 21.4 Å². The van der Waals surface area contributed by atoms with E-state index in [2.05, 4.69) is 15.8 Å². The Bertz CT molecular complexity index is 758. The Hall–Kier alpha value is -2.37. The number of carbonyl (C=O) groups excluding carboxylic acids is 2. The molecule has 0 aromatic heterocycles. The van der Waals surface area contributed by atoms with E-state index in [-0.39, 0.29) is 0 Å². The standard InChI is InChI=1S/C16H13Cl2N3O2/c1-10(11-5-7-12(17)8-6-11)20-21-16(23)15(22)19-14-4-2-3-13(18)9-14/h2-9H,1H3,(H,19,22)(H,21,23)/b20-10+. The molecule has 0 saturated heterocycles. The molecule has 0 bridgehead atoms. The van der Waals surface area contributed by atoms with Crippen molar-refractivity contribution in [2.75, 3.05) is 5.32 Å². The van der Waals surface area contributed by atoms with Gasteiger partial charge in [0.05, 0.1) is 5.71 Å². The summed E-state index contributed by atoms with van der Waals surface area (Å²) < 4.78 is 0. The molecule has 2 rings (SSSR count). The predicted molar refractivity (Wildman–Crippen MR) is 91.9 cm³/mol. The molecule has 2 N–H and O–H groups in total. The highest BCUT2D eigenvalue weighted by Gasteiger charge is 2.13. The number of hydrazone groups is 1. The van der Waals surface area contributed by atoms with Gasteiger partial charge >= 0.3 is 11.8 Å². The van der Waals surface area contributed by atoms with Gasteiger partial charge in [-0.05, 0) is 42.8 Å². The lowest BCUT2D eigenvalue weighted by Crippen LogP contribution is -2.32. The lowest BCUT2D eigenvalue weighted by molar-refractivity contribution is -0.136. The van der Waals surface area contributed by atoms with Gasteiger partial charge in [-0.25, -0.2) is 5.43 Å². The summed E-state index contributed by atoms with van der Waals surface area (Å²) in [5.74, 6) is -1.71. The number of carbonyl (C=O) groups is 2. The van der Waals surface area contributed by atoms with Gasteiger partial charge in [0.25, 0.3) is 0 Å². The second-order valence-electron chi connectivity index (χ2n) is 4.61. The molecule has 0 aliphatic carbocycles. The molecule has 0 spiro atoms. The summed E-state index contributed by atoms with van der Waals surface area (Å²) in [7, 11) is 0. The van der Waals surface area contributed by atoms with E-state index in [4.69, 9.17) is 23.2 Å². The van der Waals surface area contributed by atoms with Crippen molar-refractivity contribution in [1.82, 2.24) is 5.43 Å². The summed E-state index contributed by atoms with van der Waals surface area (Å²) in [6.45, 7) is 1.71. The smallest absolute Gasteiger partial charge is 0.318 e. The molecule has 0 fully saturated rings. The first-order valence-electron chi connectivity index (χ1n) is 6.63. The third-order valence-corrected chi connectivity index (χ3v) is 3.36. The van der Waals surface area contributed by atoms with Gasteiger partial charge in [0.1, 0.15) is 0 Å². The maximum absolute atomic E-state index is 11.8. The monoisotopic (exact) mass is 349 g/mol. The van der Waals surface area contributed by atoms with Crippen LogP contribution < -0.4 is 10.7 Å². The van der Waals surface area contributed by atoms with E-state index in [1.807, 2.05) is 0 Å². The molecule has 0 aliphatic rings. The van der Waals surface area contributed by atoms with Crippen LogP contribution in [0.1, 0.15) is 12.5 Å². The van der Waals surface area contributed by atoms with E-state index < -0.39 is 11.8 Å². The molecule has 0 atom stereocenters. The number of halogens is 2. The molecule has 0 heterocycles. The Labute approximate surface area is 143 Å². The van der Waals surface area contributed by atoms with Gasteiger partial charge in [-0.3, -0.25) is 9.59 Å². The van der Waals surface area contributed by atoms with Crippen LogP contribution in [0.25, 0.3) is 0 Å². The minimum absolute atomic E-state index is 0.427. The lowest BCUT2D eigenvalue weighted by atomic mass is 10.1. The summed E-state index contributed by atoms with van der Waals surface area (Å²) in [5.41, 5.74) is 3.96. The van der Waals surface area contributed by atoms with E-state index in [9.17, 15) is 9.59 Å². The van der Waals surface area contributed by atoms with Crippen LogP contribution in [0.5, 0.6) is 0 Å². The Morgan fingerprint density at radius 3 is 2.30 bits per heavy atom. The third-order valence-electron chi connectivity index (χ3n) is 2.88. The molecule has 7 heteroatoms. The van der Waals surface area contributed by atoms with Crippen LogP contribution >= 0.6 is 23.2 Å². The second kappa shape index (κ2) is 7.76. The van der Waals surface area contributed by atoms with Crippen LogP contribution in [-0.2, 0) is 9.59 Å². The highest BCUT2D eigenvalue weighted by atomic mass is 35.5. The Balaban J connectivity index is 1.96.